The van der Waals surface area contributed by atoms with Gasteiger partial charge in [0.05, 0.1) is 31.9 Å². The second kappa shape index (κ2) is 9.94. The van der Waals surface area contributed by atoms with Crippen molar-refractivity contribution < 1.29 is 28.7 Å². The van der Waals surface area contributed by atoms with E-state index in [4.69, 9.17) is 4.74 Å². The standard InChI is InChI=1S/C25H27N3O6/c1-33-20-9-5-8-19(14-20)28-23(30)21(27(25(28)32)18-6-3-4-7-18)15-22(29)26-17-12-10-16(11-13-17)24(31)34-2/h5,8-14,18,21H,3-4,6-7,15H2,1-2H3,(H,26,29)/t21-/m0/s1. The van der Waals surface area contributed by atoms with Gasteiger partial charge in [0.1, 0.15) is 11.8 Å². The molecule has 0 radical (unpaired) electrons. The van der Waals surface area contributed by atoms with Gasteiger partial charge in [-0.05, 0) is 49.2 Å². The molecule has 2 fully saturated rings. The lowest BCUT2D eigenvalue weighted by atomic mass is 10.1. The zero-order valence-corrected chi connectivity index (χ0v) is 19.2. The molecule has 4 amide bonds. The monoisotopic (exact) mass is 465 g/mol. The molecule has 1 saturated carbocycles. The number of nitrogens with one attached hydrogen (secondary N) is 1. The Morgan fingerprint density at radius 1 is 1.03 bits per heavy atom. The molecule has 178 valence electrons. The van der Waals surface area contributed by atoms with Gasteiger partial charge in [0.25, 0.3) is 5.91 Å². The van der Waals surface area contributed by atoms with Gasteiger partial charge in [0.2, 0.25) is 5.91 Å². The largest absolute Gasteiger partial charge is 0.497 e. The molecule has 0 unspecified atom stereocenters. The fourth-order valence-electron chi connectivity index (χ4n) is 4.57. The highest BCUT2D eigenvalue weighted by Crippen LogP contribution is 2.35. The van der Waals surface area contributed by atoms with Crippen LogP contribution in [-0.2, 0) is 14.3 Å². The van der Waals surface area contributed by atoms with Gasteiger partial charge in [-0.25, -0.2) is 14.5 Å². The van der Waals surface area contributed by atoms with Crippen molar-refractivity contribution in [2.24, 2.45) is 0 Å². The van der Waals surface area contributed by atoms with E-state index < -0.39 is 29.9 Å². The van der Waals surface area contributed by atoms with Gasteiger partial charge in [0, 0.05) is 17.8 Å². The summed E-state index contributed by atoms with van der Waals surface area (Å²) in [4.78, 5) is 54.0. The summed E-state index contributed by atoms with van der Waals surface area (Å²) in [5, 5.41) is 2.75. The van der Waals surface area contributed by atoms with Crippen molar-refractivity contribution >= 4 is 35.2 Å². The Morgan fingerprint density at radius 2 is 1.74 bits per heavy atom. The maximum absolute atomic E-state index is 13.4. The van der Waals surface area contributed by atoms with Crippen LogP contribution in [0.25, 0.3) is 0 Å². The predicted octanol–water partition coefficient (Wildman–Crippen LogP) is 3.59. The minimum Gasteiger partial charge on any atom is -0.497 e. The third kappa shape index (κ3) is 4.59. The SMILES string of the molecule is COC(=O)c1ccc(NC(=O)C[C@H]2C(=O)N(c3cccc(OC)c3)C(=O)N2C2CCCC2)cc1. The van der Waals surface area contributed by atoms with E-state index in [-0.39, 0.29) is 12.5 Å². The number of amides is 4. The summed E-state index contributed by atoms with van der Waals surface area (Å²) in [7, 11) is 2.81. The quantitative estimate of drug-likeness (QED) is 0.495. The highest BCUT2D eigenvalue weighted by molar-refractivity contribution is 6.22. The molecule has 4 rings (SSSR count). The highest BCUT2D eigenvalue weighted by atomic mass is 16.5. The van der Waals surface area contributed by atoms with Crippen LogP contribution in [0, 0.1) is 0 Å². The Bertz CT molecular complexity index is 1090. The van der Waals surface area contributed by atoms with Crippen molar-refractivity contribution in [1.29, 1.82) is 0 Å². The van der Waals surface area contributed by atoms with Crippen LogP contribution in [0.1, 0.15) is 42.5 Å². The fourth-order valence-corrected chi connectivity index (χ4v) is 4.57. The number of urea groups is 1. The molecule has 9 heteroatoms. The molecule has 2 aromatic carbocycles. The van der Waals surface area contributed by atoms with Crippen LogP contribution in [-0.4, -0.2) is 55.0 Å². The number of hydrogen-bond donors (Lipinski definition) is 1. The normalized spacial score (nSPS) is 18.4. The second-order valence-electron chi connectivity index (χ2n) is 8.34. The molecule has 0 aromatic heterocycles. The Balaban J connectivity index is 1.54. The van der Waals surface area contributed by atoms with E-state index >= 15 is 0 Å². The number of nitrogens with zero attached hydrogens (tertiary/aromatic N) is 2. The first kappa shape index (κ1) is 23.3. The van der Waals surface area contributed by atoms with Gasteiger partial charge in [-0.1, -0.05) is 18.9 Å². The Morgan fingerprint density at radius 3 is 2.38 bits per heavy atom. The number of carbonyl (C=O) groups excluding carboxylic acids is 4. The number of benzene rings is 2. The number of methoxy groups -OCH3 is 2. The average Bonchev–Trinajstić information content (AvgIpc) is 3.45. The molecule has 2 aromatic rings. The molecule has 0 bridgehead atoms. The molecule has 34 heavy (non-hydrogen) atoms. The Labute approximate surface area is 197 Å². The van der Waals surface area contributed by atoms with Crippen LogP contribution < -0.4 is 15.0 Å². The second-order valence-corrected chi connectivity index (χ2v) is 8.34. The summed E-state index contributed by atoms with van der Waals surface area (Å²) in [5.74, 6) is -0.770. The van der Waals surface area contributed by atoms with Crippen LogP contribution in [0.15, 0.2) is 48.5 Å². The number of carbonyl (C=O) groups is 4. The number of hydrogen-bond acceptors (Lipinski definition) is 6. The molecule has 1 N–H and O–H groups in total. The van der Waals surface area contributed by atoms with Crippen LogP contribution in [0.4, 0.5) is 16.2 Å². The van der Waals surface area contributed by atoms with Crippen LogP contribution >= 0.6 is 0 Å². The third-order valence-corrected chi connectivity index (χ3v) is 6.25. The van der Waals surface area contributed by atoms with Gasteiger partial charge >= 0.3 is 12.0 Å². The van der Waals surface area contributed by atoms with Crippen molar-refractivity contribution in [1.82, 2.24) is 4.90 Å². The third-order valence-electron chi connectivity index (χ3n) is 6.25. The summed E-state index contributed by atoms with van der Waals surface area (Å²) in [6.07, 6.45) is 3.40. The van der Waals surface area contributed by atoms with E-state index in [0.717, 1.165) is 30.6 Å². The lowest BCUT2D eigenvalue weighted by Crippen LogP contribution is -2.43. The van der Waals surface area contributed by atoms with Crippen molar-refractivity contribution in [2.45, 2.75) is 44.2 Å². The van der Waals surface area contributed by atoms with Crippen LogP contribution in [0.3, 0.4) is 0 Å². The minimum absolute atomic E-state index is 0.0794. The van der Waals surface area contributed by atoms with E-state index in [9.17, 15) is 19.2 Å². The molecule has 1 aliphatic carbocycles. The number of anilines is 2. The van der Waals surface area contributed by atoms with E-state index in [1.54, 1.807) is 53.4 Å². The van der Waals surface area contributed by atoms with Gasteiger partial charge in [-0.3, -0.25) is 9.59 Å². The summed E-state index contributed by atoms with van der Waals surface area (Å²) in [6, 6.07) is 11.6. The van der Waals surface area contributed by atoms with Gasteiger partial charge < -0.3 is 19.7 Å². The van der Waals surface area contributed by atoms with Crippen LogP contribution in [0.5, 0.6) is 5.75 Å². The van der Waals surface area contributed by atoms with Gasteiger partial charge in [-0.2, -0.15) is 0 Å². The summed E-state index contributed by atoms with van der Waals surface area (Å²) in [5.41, 5.74) is 1.25. The van der Waals surface area contributed by atoms with Crippen molar-refractivity contribution in [3.05, 3.63) is 54.1 Å². The van der Waals surface area contributed by atoms with Crippen molar-refractivity contribution in [2.75, 3.05) is 24.4 Å². The van der Waals surface area contributed by atoms with E-state index in [0.29, 0.717) is 22.7 Å². The van der Waals surface area contributed by atoms with Gasteiger partial charge in [-0.15, -0.1) is 0 Å². The molecule has 1 atom stereocenters. The number of rotatable bonds is 7. The van der Waals surface area contributed by atoms with E-state index in [1.165, 1.54) is 14.2 Å². The lowest BCUT2D eigenvalue weighted by molar-refractivity contribution is -0.124. The average molecular weight is 466 g/mol. The smallest absolute Gasteiger partial charge is 0.337 e. The van der Waals surface area contributed by atoms with E-state index in [1.807, 2.05) is 0 Å². The molecule has 9 nitrogen and oxygen atoms in total. The number of imide groups is 1. The Kier molecular flexibility index (Phi) is 6.81. The molecule has 1 heterocycles. The van der Waals surface area contributed by atoms with Crippen molar-refractivity contribution in [3.8, 4) is 5.75 Å². The fraction of sp³-hybridized carbons (Fsp3) is 0.360. The molecule has 1 aliphatic heterocycles. The highest BCUT2D eigenvalue weighted by Gasteiger charge is 2.49. The minimum atomic E-state index is -0.892. The maximum Gasteiger partial charge on any atom is 0.337 e. The topological polar surface area (TPSA) is 105 Å². The molecule has 1 saturated heterocycles. The molecular formula is C25H27N3O6. The Hall–Kier alpha value is -3.88. The summed E-state index contributed by atoms with van der Waals surface area (Å²) < 4.78 is 9.92. The number of esters is 1. The maximum atomic E-state index is 13.4. The van der Waals surface area contributed by atoms with Gasteiger partial charge in [0.15, 0.2) is 0 Å². The molecule has 0 spiro atoms. The predicted molar refractivity (Wildman–Crippen MR) is 125 cm³/mol. The molecule has 2 aliphatic rings. The van der Waals surface area contributed by atoms with Crippen LogP contribution in [0.2, 0.25) is 0 Å². The zero-order chi connectivity index (χ0) is 24.2. The lowest BCUT2D eigenvalue weighted by Gasteiger charge is -2.27. The first-order chi connectivity index (χ1) is 16.4. The zero-order valence-electron chi connectivity index (χ0n) is 19.2. The van der Waals surface area contributed by atoms with Crippen molar-refractivity contribution in [3.63, 3.8) is 0 Å². The van der Waals surface area contributed by atoms with E-state index in [2.05, 4.69) is 10.1 Å². The summed E-state index contributed by atoms with van der Waals surface area (Å²) in [6.45, 7) is 0. The molecular weight excluding hydrogens is 438 g/mol. The first-order valence-corrected chi connectivity index (χ1v) is 11.2. The summed E-state index contributed by atoms with van der Waals surface area (Å²) >= 11 is 0. The first-order valence-electron chi connectivity index (χ1n) is 11.2. The number of ether oxygens (including phenoxy) is 2.